The molecule has 3 heterocycles. The van der Waals surface area contributed by atoms with Crippen LogP contribution >= 0.6 is 0 Å². The second-order valence-electron chi connectivity index (χ2n) is 11.4. The third-order valence-corrected chi connectivity index (χ3v) is 8.44. The largest absolute Gasteiger partial charge is 0.490 e. The van der Waals surface area contributed by atoms with Gasteiger partial charge in [0.15, 0.2) is 5.76 Å². The Bertz CT molecular complexity index is 1710. The minimum Gasteiger partial charge on any atom is -0.490 e. The first-order valence-electron chi connectivity index (χ1n) is 14.9. The molecule has 11 heteroatoms. The number of ether oxygens (including phenoxy) is 1. The van der Waals surface area contributed by atoms with E-state index in [2.05, 4.69) is 16.3 Å². The molecule has 0 bridgehead atoms. The van der Waals surface area contributed by atoms with Gasteiger partial charge in [-0.15, -0.1) is 0 Å². The number of anilines is 2. The van der Waals surface area contributed by atoms with Crippen molar-refractivity contribution in [2.45, 2.75) is 38.0 Å². The van der Waals surface area contributed by atoms with Crippen molar-refractivity contribution in [3.05, 3.63) is 89.7 Å². The molecule has 0 spiro atoms. The van der Waals surface area contributed by atoms with Gasteiger partial charge in [-0.05, 0) is 85.6 Å². The van der Waals surface area contributed by atoms with Crippen LogP contribution in [0.25, 0.3) is 11.0 Å². The number of hydrogen-bond acceptors (Lipinski definition) is 6. The highest BCUT2D eigenvalue weighted by atomic mass is 19.4. The van der Waals surface area contributed by atoms with Crippen molar-refractivity contribution < 1.29 is 31.9 Å². The maximum Gasteiger partial charge on any atom is 0.416 e. The van der Waals surface area contributed by atoms with Crippen LogP contribution in [0.15, 0.2) is 77.2 Å². The summed E-state index contributed by atoms with van der Waals surface area (Å²) in [5.74, 6) is 0.143. The fourth-order valence-electron chi connectivity index (χ4n) is 5.87. The summed E-state index contributed by atoms with van der Waals surface area (Å²) in [5.41, 5.74) is 2.09. The molecule has 1 N–H and O–H groups in total. The fourth-order valence-corrected chi connectivity index (χ4v) is 5.87. The maximum absolute atomic E-state index is 13.2. The lowest BCUT2D eigenvalue weighted by atomic mass is 9.95. The van der Waals surface area contributed by atoms with E-state index in [1.807, 2.05) is 12.1 Å². The van der Waals surface area contributed by atoms with E-state index < -0.39 is 11.7 Å². The zero-order valence-corrected chi connectivity index (χ0v) is 24.3. The van der Waals surface area contributed by atoms with E-state index in [4.69, 9.17) is 14.4 Å². The Labute approximate surface area is 258 Å². The number of nitrogens with zero attached hydrogens (tertiary/aromatic N) is 3. The van der Waals surface area contributed by atoms with Crippen molar-refractivity contribution in [3.8, 4) is 11.8 Å². The number of benzene rings is 3. The van der Waals surface area contributed by atoms with E-state index in [9.17, 15) is 22.8 Å². The number of hydrogen-bond donors (Lipinski definition) is 1. The zero-order valence-electron chi connectivity index (χ0n) is 24.3. The molecule has 2 aliphatic heterocycles. The lowest BCUT2D eigenvalue weighted by molar-refractivity contribution is -0.137. The van der Waals surface area contributed by atoms with Gasteiger partial charge in [0.25, 0.3) is 5.91 Å². The van der Waals surface area contributed by atoms with E-state index >= 15 is 0 Å². The highest BCUT2D eigenvalue weighted by Crippen LogP contribution is 2.31. The van der Waals surface area contributed by atoms with Crippen LogP contribution in [0.5, 0.6) is 5.75 Å². The summed E-state index contributed by atoms with van der Waals surface area (Å²) in [6, 6.07) is 21.2. The van der Waals surface area contributed by atoms with Gasteiger partial charge in [0.05, 0.1) is 17.2 Å². The number of nitriles is 1. The Balaban J connectivity index is 1.00. The predicted octanol–water partition coefficient (Wildman–Crippen LogP) is 6.86. The maximum atomic E-state index is 13.2. The van der Waals surface area contributed by atoms with E-state index in [0.717, 1.165) is 30.9 Å². The average Bonchev–Trinajstić information content (AvgIpc) is 3.48. The number of nitrogens with one attached hydrogen (secondary N) is 1. The molecule has 4 aromatic rings. The Morgan fingerprint density at radius 2 is 1.58 bits per heavy atom. The molecule has 2 amide bonds. The van der Waals surface area contributed by atoms with Crippen LogP contribution in [-0.2, 0) is 11.0 Å². The molecule has 2 saturated heterocycles. The molecular weight excluding hydrogens is 585 g/mol. The van der Waals surface area contributed by atoms with Crippen LogP contribution in [0, 0.1) is 17.2 Å². The molecule has 0 atom stereocenters. The summed E-state index contributed by atoms with van der Waals surface area (Å²) in [6.07, 6.45) is -2.11. The quantitative estimate of drug-likeness (QED) is 0.254. The Morgan fingerprint density at radius 1 is 0.889 bits per heavy atom. The van der Waals surface area contributed by atoms with Gasteiger partial charge in [-0.3, -0.25) is 9.59 Å². The zero-order chi connectivity index (χ0) is 31.6. The highest BCUT2D eigenvalue weighted by molar-refractivity contribution is 5.98. The van der Waals surface area contributed by atoms with Crippen LogP contribution in [0.3, 0.4) is 0 Å². The van der Waals surface area contributed by atoms with Crippen molar-refractivity contribution in [3.63, 3.8) is 0 Å². The van der Waals surface area contributed by atoms with Gasteiger partial charge in [0, 0.05) is 61.7 Å². The van der Waals surface area contributed by atoms with Crippen LogP contribution in [0.2, 0.25) is 0 Å². The molecule has 2 fully saturated rings. The van der Waals surface area contributed by atoms with Crippen LogP contribution in [0.4, 0.5) is 24.5 Å². The molecule has 45 heavy (non-hydrogen) atoms. The molecule has 0 unspecified atom stereocenters. The molecule has 232 valence electrons. The number of rotatable bonds is 6. The monoisotopic (exact) mass is 616 g/mol. The second-order valence-corrected chi connectivity index (χ2v) is 11.4. The summed E-state index contributed by atoms with van der Waals surface area (Å²) in [7, 11) is 0. The number of likely N-dealkylation sites (tertiary alicyclic amines) is 1. The average molecular weight is 617 g/mol. The normalized spacial score (nSPS) is 16.4. The van der Waals surface area contributed by atoms with Crippen molar-refractivity contribution in [1.82, 2.24) is 4.90 Å². The van der Waals surface area contributed by atoms with Gasteiger partial charge in [-0.2, -0.15) is 18.4 Å². The molecule has 6 rings (SSSR count). The first-order chi connectivity index (χ1) is 21.7. The van der Waals surface area contributed by atoms with Crippen molar-refractivity contribution in [2.75, 3.05) is 36.4 Å². The first-order valence-corrected chi connectivity index (χ1v) is 14.9. The second kappa shape index (κ2) is 12.6. The number of alkyl halides is 3. The van der Waals surface area contributed by atoms with Gasteiger partial charge in [0.2, 0.25) is 5.91 Å². The summed E-state index contributed by atoms with van der Waals surface area (Å²) in [6.45, 7) is 2.34. The van der Waals surface area contributed by atoms with E-state index in [1.165, 1.54) is 12.1 Å². The highest BCUT2D eigenvalue weighted by Gasteiger charge is 2.31. The molecule has 2 aliphatic rings. The number of carbonyl (C=O) groups is 2. The van der Waals surface area contributed by atoms with Crippen LogP contribution in [-0.4, -0.2) is 49.0 Å². The first kappa shape index (κ1) is 30.1. The summed E-state index contributed by atoms with van der Waals surface area (Å²) >= 11 is 0. The fraction of sp³-hybridized carbons (Fsp3) is 0.324. The Morgan fingerprint density at radius 3 is 2.22 bits per heavy atom. The number of furan rings is 1. The Hall–Kier alpha value is -4.98. The standard InChI is InChI=1S/C34H31F3N4O4/c35-34(36,37)25-3-8-28(9-4-25)44-29-13-17-41(18-14-29)33(43)31-20-24-19-26(5-10-30(24)45-31)39-32(42)23-11-15-40(16-12-23)27-6-1-22(21-38)2-7-27/h1-10,19-20,23,29H,11-18H2,(H,39,42). The molecular formula is C34H31F3N4O4. The van der Waals surface area contributed by atoms with Crippen LogP contribution < -0.4 is 15.0 Å². The Kier molecular flexibility index (Phi) is 8.39. The topological polar surface area (TPSA) is 98.8 Å². The van der Waals surface area contributed by atoms with Gasteiger partial charge in [0.1, 0.15) is 17.4 Å². The molecule has 0 radical (unpaired) electrons. The molecule has 3 aromatic carbocycles. The van der Waals surface area contributed by atoms with E-state index in [1.54, 1.807) is 41.3 Å². The van der Waals surface area contributed by atoms with Crippen LogP contribution in [0.1, 0.15) is 47.4 Å². The molecule has 0 saturated carbocycles. The van der Waals surface area contributed by atoms with Gasteiger partial charge < -0.3 is 24.3 Å². The lowest BCUT2D eigenvalue weighted by Crippen LogP contribution is -2.41. The van der Waals surface area contributed by atoms with Crippen molar-refractivity contribution >= 4 is 34.2 Å². The van der Waals surface area contributed by atoms with Crippen molar-refractivity contribution in [2.24, 2.45) is 5.92 Å². The van der Waals surface area contributed by atoms with Gasteiger partial charge in [-0.25, -0.2) is 0 Å². The number of amides is 2. The predicted molar refractivity (Wildman–Crippen MR) is 162 cm³/mol. The molecule has 1 aromatic heterocycles. The van der Waals surface area contributed by atoms with Gasteiger partial charge >= 0.3 is 6.18 Å². The molecule has 8 nitrogen and oxygen atoms in total. The SMILES string of the molecule is N#Cc1ccc(N2CCC(C(=O)Nc3ccc4oc(C(=O)N5CCC(Oc6ccc(C(F)(F)F)cc6)CC5)cc4c3)CC2)cc1. The van der Waals surface area contributed by atoms with E-state index in [0.29, 0.717) is 66.7 Å². The van der Waals surface area contributed by atoms with Crippen molar-refractivity contribution in [1.29, 1.82) is 5.26 Å². The number of carbonyl (C=O) groups excluding carboxylic acids is 2. The third kappa shape index (κ3) is 6.90. The minimum absolute atomic E-state index is 0.0463. The smallest absolute Gasteiger partial charge is 0.416 e. The minimum atomic E-state index is -4.40. The number of halogens is 3. The third-order valence-electron chi connectivity index (χ3n) is 8.44. The number of fused-ring (bicyclic) bond motifs is 1. The lowest BCUT2D eigenvalue weighted by Gasteiger charge is -2.33. The van der Waals surface area contributed by atoms with Gasteiger partial charge in [-0.1, -0.05) is 0 Å². The summed E-state index contributed by atoms with van der Waals surface area (Å²) < 4.78 is 50.1. The summed E-state index contributed by atoms with van der Waals surface area (Å²) in [5, 5.41) is 12.7. The summed E-state index contributed by atoms with van der Waals surface area (Å²) in [4.78, 5) is 30.1. The molecule has 0 aliphatic carbocycles. The number of piperidine rings is 2. The van der Waals surface area contributed by atoms with E-state index in [-0.39, 0.29) is 29.6 Å².